The normalized spacial score (nSPS) is 26.8. The Morgan fingerprint density at radius 1 is 1.89 bits per heavy atom. The molecule has 0 bridgehead atoms. The molecule has 0 aliphatic carbocycles. The molecule has 1 saturated heterocycles. The molecular formula is C4H8N2O3. The van der Waals surface area contributed by atoms with Crippen molar-refractivity contribution in [3.63, 3.8) is 0 Å². The maximum Gasteiger partial charge on any atom is 0.431 e. The predicted molar refractivity (Wildman–Crippen MR) is 28.7 cm³/mol. The largest absolute Gasteiger partial charge is 0.463 e. The molecule has 1 heterocycles. The molecular weight excluding hydrogens is 124 g/mol. The van der Waals surface area contributed by atoms with Gasteiger partial charge >= 0.3 is 6.09 Å². The van der Waals surface area contributed by atoms with E-state index in [2.05, 4.69) is 4.84 Å². The van der Waals surface area contributed by atoms with Crippen LogP contribution in [-0.4, -0.2) is 35.5 Å². The summed E-state index contributed by atoms with van der Waals surface area (Å²) in [6.45, 7) is 0.571. The molecule has 0 aromatic rings. The lowest BCUT2D eigenvalue weighted by atomic mass is 10.4. The molecule has 3 N–H and O–H groups in total. The number of hydrogen-bond donors (Lipinski definition) is 2. The number of nitrogens with two attached hydrogens (primary N) is 1. The first-order valence-corrected chi connectivity index (χ1v) is 2.59. The Balaban J connectivity index is 2.39. The maximum atomic E-state index is 10.1. The Morgan fingerprint density at radius 3 is 2.78 bits per heavy atom. The summed E-state index contributed by atoms with van der Waals surface area (Å²) in [5, 5.41) is 9.11. The summed E-state index contributed by atoms with van der Waals surface area (Å²) in [5.41, 5.74) is 5.33. The third kappa shape index (κ3) is 1.30. The smallest absolute Gasteiger partial charge is 0.431 e. The van der Waals surface area contributed by atoms with Crippen molar-refractivity contribution >= 4 is 6.09 Å². The van der Waals surface area contributed by atoms with E-state index < -0.39 is 6.09 Å². The van der Waals surface area contributed by atoms with Gasteiger partial charge in [0.2, 0.25) is 0 Å². The summed E-state index contributed by atoms with van der Waals surface area (Å²) < 4.78 is 0. The molecule has 1 rings (SSSR count). The average molecular weight is 132 g/mol. The van der Waals surface area contributed by atoms with E-state index in [0.29, 0.717) is 6.61 Å². The van der Waals surface area contributed by atoms with E-state index in [0.717, 1.165) is 5.06 Å². The van der Waals surface area contributed by atoms with Crippen LogP contribution in [0.1, 0.15) is 0 Å². The van der Waals surface area contributed by atoms with Crippen LogP contribution in [0.3, 0.4) is 0 Å². The molecule has 9 heavy (non-hydrogen) atoms. The van der Waals surface area contributed by atoms with Crippen LogP contribution in [-0.2, 0) is 4.84 Å². The van der Waals surface area contributed by atoms with Gasteiger partial charge in [0.15, 0.2) is 0 Å². The number of rotatable bonds is 0. The van der Waals surface area contributed by atoms with Crippen LogP contribution in [0.5, 0.6) is 0 Å². The molecule has 0 saturated carbocycles. The van der Waals surface area contributed by atoms with Crippen LogP contribution >= 0.6 is 0 Å². The van der Waals surface area contributed by atoms with Crippen LogP contribution in [0.4, 0.5) is 4.79 Å². The first kappa shape index (κ1) is 6.31. The second-order valence-corrected chi connectivity index (χ2v) is 1.90. The van der Waals surface area contributed by atoms with E-state index in [9.17, 15) is 4.79 Å². The van der Waals surface area contributed by atoms with Crippen molar-refractivity contribution in [3.05, 3.63) is 0 Å². The summed E-state index contributed by atoms with van der Waals surface area (Å²) >= 11 is 0. The Labute approximate surface area is 52.0 Å². The second-order valence-electron chi connectivity index (χ2n) is 1.90. The van der Waals surface area contributed by atoms with Gasteiger partial charge in [0.1, 0.15) is 0 Å². The number of hydroxylamine groups is 2. The second kappa shape index (κ2) is 2.20. The molecule has 52 valence electrons. The predicted octanol–water partition coefficient (Wildman–Crippen LogP) is -0.761. The number of carbonyl (C=O) groups is 1. The van der Waals surface area contributed by atoms with Crippen LogP contribution in [0.15, 0.2) is 0 Å². The lowest BCUT2D eigenvalue weighted by molar-refractivity contribution is -0.0831. The topological polar surface area (TPSA) is 75.8 Å². The van der Waals surface area contributed by atoms with Crippen molar-refractivity contribution < 1.29 is 14.7 Å². The molecule has 0 aromatic carbocycles. The summed E-state index contributed by atoms with van der Waals surface area (Å²) in [7, 11) is 0. The summed E-state index contributed by atoms with van der Waals surface area (Å²) in [4.78, 5) is 14.7. The van der Waals surface area contributed by atoms with E-state index in [-0.39, 0.29) is 12.6 Å². The van der Waals surface area contributed by atoms with Crippen molar-refractivity contribution in [3.8, 4) is 0 Å². The summed E-state index contributed by atoms with van der Waals surface area (Å²) in [6.07, 6.45) is -1.08. The van der Waals surface area contributed by atoms with Crippen molar-refractivity contribution in [2.75, 3.05) is 13.2 Å². The highest BCUT2D eigenvalue weighted by Crippen LogP contribution is 2.02. The fourth-order valence-corrected chi connectivity index (χ4v) is 0.637. The van der Waals surface area contributed by atoms with E-state index in [1.165, 1.54) is 0 Å². The Kier molecular flexibility index (Phi) is 1.54. The van der Waals surface area contributed by atoms with Crippen LogP contribution in [0, 0.1) is 0 Å². The van der Waals surface area contributed by atoms with E-state index in [1.807, 2.05) is 0 Å². The first-order chi connectivity index (χ1) is 4.20. The zero-order chi connectivity index (χ0) is 6.85. The van der Waals surface area contributed by atoms with Gasteiger partial charge in [0.25, 0.3) is 0 Å². The van der Waals surface area contributed by atoms with Crippen LogP contribution < -0.4 is 5.73 Å². The third-order valence-corrected chi connectivity index (χ3v) is 1.06. The highest BCUT2D eigenvalue weighted by atomic mass is 16.7. The molecule has 1 fully saturated rings. The van der Waals surface area contributed by atoms with Gasteiger partial charge in [-0.3, -0.25) is 4.84 Å². The quantitative estimate of drug-likeness (QED) is 0.454. The lowest BCUT2D eigenvalue weighted by Crippen LogP contribution is -2.30. The van der Waals surface area contributed by atoms with Gasteiger partial charge in [-0.2, -0.15) is 5.06 Å². The summed E-state index contributed by atoms with van der Waals surface area (Å²) in [6, 6.07) is -0.166. The number of carboxylic acid groups (broad SMARTS) is 1. The molecule has 5 nitrogen and oxygen atoms in total. The highest BCUT2D eigenvalue weighted by molar-refractivity contribution is 5.63. The van der Waals surface area contributed by atoms with Crippen LogP contribution in [0.25, 0.3) is 0 Å². The van der Waals surface area contributed by atoms with E-state index in [4.69, 9.17) is 10.8 Å². The minimum Gasteiger partial charge on any atom is -0.463 e. The average Bonchev–Trinajstić information content (AvgIpc) is 2.14. The van der Waals surface area contributed by atoms with E-state index >= 15 is 0 Å². The molecule has 0 spiro atoms. The standard InChI is InChI=1S/C4H8N2O3/c5-3-1-6(4(7)8)9-2-3/h3H,1-2,5H2,(H,7,8). The zero-order valence-electron chi connectivity index (χ0n) is 4.78. The third-order valence-electron chi connectivity index (χ3n) is 1.06. The Bertz CT molecular complexity index is 127. The maximum absolute atomic E-state index is 10.1. The van der Waals surface area contributed by atoms with Gasteiger partial charge in [0.05, 0.1) is 19.2 Å². The molecule has 1 aliphatic rings. The zero-order valence-corrected chi connectivity index (χ0v) is 4.78. The van der Waals surface area contributed by atoms with Gasteiger partial charge in [-0.1, -0.05) is 0 Å². The first-order valence-electron chi connectivity index (χ1n) is 2.59. The molecule has 0 radical (unpaired) electrons. The number of amides is 1. The fourth-order valence-electron chi connectivity index (χ4n) is 0.637. The van der Waals surface area contributed by atoms with Gasteiger partial charge < -0.3 is 10.8 Å². The molecule has 1 aliphatic heterocycles. The number of nitrogens with zero attached hydrogens (tertiary/aromatic N) is 1. The van der Waals surface area contributed by atoms with Gasteiger partial charge in [0, 0.05) is 0 Å². The molecule has 1 amide bonds. The molecule has 0 aromatic heterocycles. The highest BCUT2D eigenvalue weighted by Gasteiger charge is 2.23. The van der Waals surface area contributed by atoms with Crippen molar-refractivity contribution in [2.45, 2.75) is 6.04 Å². The molecule has 1 unspecified atom stereocenters. The van der Waals surface area contributed by atoms with Crippen molar-refractivity contribution in [1.82, 2.24) is 5.06 Å². The monoisotopic (exact) mass is 132 g/mol. The van der Waals surface area contributed by atoms with Gasteiger partial charge in [-0.05, 0) is 0 Å². The molecule has 5 heteroatoms. The Hall–Kier alpha value is -0.810. The van der Waals surface area contributed by atoms with E-state index in [1.54, 1.807) is 0 Å². The number of hydrogen-bond acceptors (Lipinski definition) is 3. The van der Waals surface area contributed by atoms with Gasteiger partial charge in [-0.15, -0.1) is 0 Å². The molecule has 1 atom stereocenters. The summed E-state index contributed by atoms with van der Waals surface area (Å²) in [5.74, 6) is 0. The minimum atomic E-state index is -1.08. The Morgan fingerprint density at radius 2 is 2.56 bits per heavy atom. The SMILES string of the molecule is NC1CON(C(=O)O)C1. The minimum absolute atomic E-state index is 0.166. The fraction of sp³-hybridized carbons (Fsp3) is 0.750. The van der Waals surface area contributed by atoms with Crippen molar-refractivity contribution in [2.24, 2.45) is 5.73 Å². The lowest BCUT2D eigenvalue weighted by Gasteiger charge is -2.06. The van der Waals surface area contributed by atoms with Gasteiger partial charge in [-0.25, -0.2) is 4.79 Å². The van der Waals surface area contributed by atoms with Crippen LogP contribution in [0.2, 0.25) is 0 Å². The van der Waals surface area contributed by atoms with Crippen molar-refractivity contribution in [1.29, 1.82) is 0 Å².